The molecule has 0 saturated carbocycles. The van der Waals surface area contributed by atoms with Crippen LogP contribution in [0.15, 0.2) is 11.1 Å². The summed E-state index contributed by atoms with van der Waals surface area (Å²) < 4.78 is 31.1. The number of hydrogen-bond donors (Lipinski definition) is 6. The maximum atomic E-state index is 11.8. The van der Waals surface area contributed by atoms with E-state index in [1.165, 1.54) is 10.9 Å². The van der Waals surface area contributed by atoms with E-state index >= 15 is 0 Å². The number of rotatable bonds is 4. The standard InChI is InChI=1S/C10H15N7O6S/c11-10-14-7-5(8(20)15-10)13-2-17(7)9-6(19)4(3(1-18)23-9)16-24(12,21)22/h2-4,6,9,16,18-19H,1H2,(H2,12,21,22)(H3,11,14,15,20)/t3-,4-,6-,9-/m1/s1. The number of aliphatic hydroxyl groups excluding tert-OH is 2. The number of aromatic amines is 1. The molecule has 1 aliphatic rings. The molecule has 0 aromatic carbocycles. The second-order valence-corrected chi connectivity index (χ2v) is 6.53. The predicted molar refractivity (Wildman–Crippen MR) is 79.6 cm³/mol. The molecule has 0 aliphatic carbocycles. The average Bonchev–Trinajstić information content (AvgIpc) is 3.00. The molecule has 14 heteroatoms. The van der Waals surface area contributed by atoms with Crippen molar-refractivity contribution in [1.29, 1.82) is 0 Å². The van der Waals surface area contributed by atoms with Crippen LogP contribution in [-0.4, -0.2) is 63.0 Å². The number of hydrogen-bond acceptors (Lipinski definition) is 9. The van der Waals surface area contributed by atoms with Gasteiger partial charge in [-0.05, 0) is 0 Å². The molecule has 13 nitrogen and oxygen atoms in total. The zero-order valence-corrected chi connectivity index (χ0v) is 12.8. The Kier molecular flexibility index (Phi) is 4.02. The smallest absolute Gasteiger partial charge is 0.280 e. The number of H-pyrrole nitrogens is 1. The molecular formula is C10H15N7O6S. The second kappa shape index (κ2) is 5.76. The Labute approximate surface area is 134 Å². The third-order valence-electron chi connectivity index (χ3n) is 3.58. The molecule has 2 aromatic rings. The molecule has 0 radical (unpaired) electrons. The summed E-state index contributed by atoms with van der Waals surface area (Å²) in [5.41, 5.74) is 4.91. The van der Waals surface area contributed by atoms with Crippen LogP contribution in [-0.2, 0) is 14.9 Å². The van der Waals surface area contributed by atoms with Crippen LogP contribution in [0.3, 0.4) is 0 Å². The highest BCUT2D eigenvalue weighted by molar-refractivity contribution is 7.87. The van der Waals surface area contributed by atoms with Gasteiger partial charge in [0.1, 0.15) is 12.2 Å². The molecule has 1 aliphatic heterocycles. The number of ether oxygens (including phenoxy) is 1. The van der Waals surface area contributed by atoms with Crippen molar-refractivity contribution < 1.29 is 23.4 Å². The Bertz CT molecular complexity index is 923. The lowest BCUT2D eigenvalue weighted by molar-refractivity contribution is -0.0489. The Morgan fingerprint density at radius 1 is 1.50 bits per heavy atom. The van der Waals surface area contributed by atoms with E-state index in [1.54, 1.807) is 0 Å². The van der Waals surface area contributed by atoms with Crippen molar-refractivity contribution in [2.45, 2.75) is 24.5 Å². The zero-order valence-electron chi connectivity index (χ0n) is 12.0. The van der Waals surface area contributed by atoms with Gasteiger partial charge in [0.15, 0.2) is 17.4 Å². The number of nitrogens with one attached hydrogen (secondary N) is 2. The Morgan fingerprint density at radius 2 is 2.21 bits per heavy atom. The third kappa shape index (κ3) is 2.85. The quantitative estimate of drug-likeness (QED) is 0.314. The van der Waals surface area contributed by atoms with E-state index in [2.05, 4.69) is 15.0 Å². The predicted octanol–water partition coefficient (Wildman–Crippen LogP) is -3.89. The van der Waals surface area contributed by atoms with E-state index in [-0.39, 0.29) is 17.1 Å². The molecule has 0 unspecified atom stereocenters. The number of aromatic nitrogens is 4. The van der Waals surface area contributed by atoms with Gasteiger partial charge in [0.05, 0.1) is 19.0 Å². The van der Waals surface area contributed by atoms with Crippen molar-refractivity contribution >= 4 is 27.3 Å². The molecule has 3 heterocycles. The largest absolute Gasteiger partial charge is 0.394 e. The molecule has 0 spiro atoms. The lowest BCUT2D eigenvalue weighted by atomic mass is 10.1. The van der Waals surface area contributed by atoms with Crippen LogP contribution < -0.4 is 21.2 Å². The normalized spacial score (nSPS) is 27.8. The van der Waals surface area contributed by atoms with Crippen LogP contribution in [0.5, 0.6) is 0 Å². The fourth-order valence-corrected chi connectivity index (χ4v) is 3.26. The van der Waals surface area contributed by atoms with Crippen LogP contribution >= 0.6 is 0 Å². The molecule has 132 valence electrons. The van der Waals surface area contributed by atoms with Gasteiger partial charge in [-0.3, -0.25) is 14.3 Å². The number of fused-ring (bicyclic) bond motifs is 1. The first kappa shape index (κ1) is 16.7. The van der Waals surface area contributed by atoms with Gasteiger partial charge in [-0.2, -0.15) is 18.1 Å². The van der Waals surface area contributed by atoms with Crippen LogP contribution in [0.2, 0.25) is 0 Å². The zero-order chi connectivity index (χ0) is 17.6. The minimum Gasteiger partial charge on any atom is -0.394 e. The van der Waals surface area contributed by atoms with Crippen molar-refractivity contribution in [1.82, 2.24) is 24.2 Å². The summed E-state index contributed by atoms with van der Waals surface area (Å²) in [7, 11) is -4.15. The maximum Gasteiger partial charge on any atom is 0.280 e. The lowest BCUT2D eigenvalue weighted by Gasteiger charge is -2.19. The number of aliphatic hydroxyl groups is 2. The van der Waals surface area contributed by atoms with Crippen molar-refractivity contribution in [3.05, 3.63) is 16.7 Å². The first-order valence-electron chi connectivity index (χ1n) is 6.68. The Hall–Kier alpha value is -2.10. The van der Waals surface area contributed by atoms with Crippen LogP contribution in [0.25, 0.3) is 11.2 Å². The van der Waals surface area contributed by atoms with Gasteiger partial charge in [0.25, 0.3) is 15.8 Å². The van der Waals surface area contributed by atoms with Crippen LogP contribution in [0.1, 0.15) is 6.23 Å². The first-order chi connectivity index (χ1) is 11.2. The third-order valence-corrected chi connectivity index (χ3v) is 4.18. The minimum absolute atomic E-state index is 0.0354. The van der Waals surface area contributed by atoms with E-state index in [4.69, 9.17) is 15.6 Å². The Balaban J connectivity index is 2.03. The van der Waals surface area contributed by atoms with Crippen LogP contribution in [0, 0.1) is 0 Å². The van der Waals surface area contributed by atoms with Crippen LogP contribution in [0.4, 0.5) is 5.95 Å². The fraction of sp³-hybridized carbons (Fsp3) is 0.500. The van der Waals surface area contributed by atoms with Crippen molar-refractivity contribution in [3.63, 3.8) is 0 Å². The SMILES string of the molecule is Nc1nc2c(ncn2[C@@H]2O[C@H](CO)[C@@H](NS(N)(=O)=O)[C@H]2O)c(=O)[nH]1. The Morgan fingerprint density at radius 3 is 2.83 bits per heavy atom. The summed E-state index contributed by atoms with van der Waals surface area (Å²) in [5.74, 6) is -0.167. The summed E-state index contributed by atoms with van der Waals surface area (Å²) in [6.07, 6.45) is -2.48. The molecule has 8 N–H and O–H groups in total. The van der Waals surface area contributed by atoms with Gasteiger partial charge in [-0.1, -0.05) is 0 Å². The molecule has 4 atom stereocenters. The van der Waals surface area contributed by atoms with Crippen molar-refractivity contribution in [3.8, 4) is 0 Å². The van der Waals surface area contributed by atoms with E-state index in [9.17, 15) is 23.4 Å². The lowest BCUT2D eigenvalue weighted by Crippen LogP contribution is -2.50. The number of imidazole rings is 1. The molecule has 1 saturated heterocycles. The molecule has 3 rings (SSSR count). The van der Waals surface area contributed by atoms with Gasteiger partial charge >= 0.3 is 0 Å². The molecule has 0 amide bonds. The first-order valence-corrected chi connectivity index (χ1v) is 8.22. The maximum absolute atomic E-state index is 11.8. The summed E-state index contributed by atoms with van der Waals surface area (Å²) in [6.45, 7) is -0.580. The summed E-state index contributed by atoms with van der Waals surface area (Å²) in [5, 5.41) is 24.6. The van der Waals surface area contributed by atoms with E-state index in [0.717, 1.165) is 0 Å². The fourth-order valence-electron chi connectivity index (χ4n) is 2.59. The number of nitrogens with zero attached hydrogens (tertiary/aromatic N) is 3. The van der Waals surface area contributed by atoms with Crippen molar-refractivity contribution in [2.75, 3.05) is 12.3 Å². The molecule has 2 aromatic heterocycles. The van der Waals surface area contributed by atoms with Gasteiger partial charge in [-0.15, -0.1) is 0 Å². The highest BCUT2D eigenvalue weighted by atomic mass is 32.2. The van der Waals surface area contributed by atoms with Gasteiger partial charge in [-0.25, -0.2) is 10.1 Å². The highest BCUT2D eigenvalue weighted by Gasteiger charge is 2.46. The van der Waals surface area contributed by atoms with Gasteiger partial charge in [0.2, 0.25) is 5.95 Å². The van der Waals surface area contributed by atoms with E-state index < -0.39 is 46.9 Å². The molecular weight excluding hydrogens is 346 g/mol. The number of nitrogens with two attached hydrogens (primary N) is 2. The molecule has 1 fully saturated rings. The number of anilines is 1. The van der Waals surface area contributed by atoms with Gasteiger partial charge in [0, 0.05) is 0 Å². The topological polar surface area (TPSA) is 211 Å². The molecule has 0 bridgehead atoms. The molecule has 24 heavy (non-hydrogen) atoms. The number of nitrogen functional groups attached to an aromatic ring is 1. The second-order valence-electron chi connectivity index (χ2n) is 5.20. The average molecular weight is 361 g/mol. The van der Waals surface area contributed by atoms with E-state index in [0.29, 0.717) is 0 Å². The summed E-state index contributed by atoms with van der Waals surface area (Å²) >= 11 is 0. The summed E-state index contributed by atoms with van der Waals surface area (Å²) in [4.78, 5) is 21.9. The van der Waals surface area contributed by atoms with Gasteiger partial charge < -0.3 is 20.7 Å². The highest BCUT2D eigenvalue weighted by Crippen LogP contribution is 2.31. The summed E-state index contributed by atoms with van der Waals surface area (Å²) in [6, 6.07) is -1.20. The minimum atomic E-state index is -4.15. The van der Waals surface area contributed by atoms with E-state index in [1.807, 2.05) is 4.72 Å². The monoisotopic (exact) mass is 361 g/mol. The van der Waals surface area contributed by atoms with Crippen molar-refractivity contribution in [2.24, 2.45) is 5.14 Å².